The highest BCUT2D eigenvalue weighted by atomic mass is 14.9. The van der Waals surface area contributed by atoms with Crippen molar-refractivity contribution in [1.82, 2.24) is 5.32 Å². The summed E-state index contributed by atoms with van der Waals surface area (Å²) in [5.74, 6) is 3.88. The minimum Gasteiger partial charge on any atom is -0.314 e. The lowest BCUT2D eigenvalue weighted by atomic mass is 9.71. The van der Waals surface area contributed by atoms with Crippen LogP contribution in [0.1, 0.15) is 59.3 Å². The molecule has 1 saturated heterocycles. The third-order valence-corrected chi connectivity index (χ3v) is 5.33. The van der Waals surface area contributed by atoms with Gasteiger partial charge in [0.25, 0.3) is 0 Å². The highest BCUT2D eigenvalue weighted by molar-refractivity contribution is 4.87. The van der Waals surface area contributed by atoms with Gasteiger partial charge in [-0.15, -0.1) is 0 Å². The van der Waals surface area contributed by atoms with Crippen molar-refractivity contribution in [3.63, 3.8) is 0 Å². The molecule has 5 unspecified atom stereocenters. The van der Waals surface area contributed by atoms with Crippen molar-refractivity contribution >= 4 is 0 Å². The van der Waals surface area contributed by atoms with Crippen LogP contribution in [0.25, 0.3) is 0 Å². The highest BCUT2D eigenvalue weighted by Crippen LogP contribution is 2.37. The van der Waals surface area contributed by atoms with Crippen molar-refractivity contribution < 1.29 is 0 Å². The van der Waals surface area contributed by atoms with Crippen molar-refractivity contribution in [1.29, 1.82) is 0 Å². The zero-order valence-electron chi connectivity index (χ0n) is 11.3. The molecule has 94 valence electrons. The molecular weight excluding hydrogens is 194 g/mol. The van der Waals surface area contributed by atoms with E-state index >= 15 is 0 Å². The van der Waals surface area contributed by atoms with Gasteiger partial charge in [0.2, 0.25) is 0 Å². The fourth-order valence-electron chi connectivity index (χ4n) is 3.72. The molecular formula is C15H29N. The van der Waals surface area contributed by atoms with E-state index in [1.165, 1.54) is 45.1 Å². The summed E-state index contributed by atoms with van der Waals surface area (Å²) in [4.78, 5) is 0. The van der Waals surface area contributed by atoms with Gasteiger partial charge in [0.15, 0.2) is 0 Å². The largest absolute Gasteiger partial charge is 0.314 e. The maximum Gasteiger partial charge on any atom is 0.00980 e. The monoisotopic (exact) mass is 223 g/mol. The van der Waals surface area contributed by atoms with Crippen LogP contribution in [0.2, 0.25) is 0 Å². The summed E-state index contributed by atoms with van der Waals surface area (Å²) in [6, 6.07) is 0.841. The van der Waals surface area contributed by atoms with E-state index in [0.717, 1.165) is 29.7 Å². The van der Waals surface area contributed by atoms with E-state index in [2.05, 4.69) is 26.1 Å². The second kappa shape index (κ2) is 5.53. The van der Waals surface area contributed by atoms with E-state index in [1.807, 2.05) is 0 Å². The Morgan fingerprint density at radius 3 is 2.50 bits per heavy atom. The van der Waals surface area contributed by atoms with Gasteiger partial charge in [-0.05, 0) is 55.9 Å². The maximum absolute atomic E-state index is 3.79. The third-order valence-electron chi connectivity index (χ3n) is 5.33. The number of nitrogens with one attached hydrogen (secondary N) is 1. The van der Waals surface area contributed by atoms with Gasteiger partial charge in [0.05, 0.1) is 0 Å². The molecule has 0 spiro atoms. The minimum atomic E-state index is 0.841. The molecule has 1 saturated carbocycles. The Bertz CT molecular complexity index is 209. The van der Waals surface area contributed by atoms with E-state index in [9.17, 15) is 0 Å². The first-order valence-electron chi connectivity index (χ1n) is 7.44. The van der Waals surface area contributed by atoms with Crippen LogP contribution in [0, 0.1) is 23.7 Å². The fraction of sp³-hybridized carbons (Fsp3) is 1.00. The average Bonchev–Trinajstić information content (AvgIpc) is 2.33. The second-order valence-corrected chi connectivity index (χ2v) is 6.39. The van der Waals surface area contributed by atoms with Crippen molar-refractivity contribution in [2.45, 2.75) is 65.3 Å². The molecule has 0 aromatic rings. The van der Waals surface area contributed by atoms with E-state index in [0.29, 0.717) is 0 Å². The van der Waals surface area contributed by atoms with E-state index < -0.39 is 0 Å². The van der Waals surface area contributed by atoms with Gasteiger partial charge in [-0.1, -0.05) is 33.6 Å². The van der Waals surface area contributed by atoms with Crippen molar-refractivity contribution in [3.05, 3.63) is 0 Å². The van der Waals surface area contributed by atoms with Crippen LogP contribution in [0.5, 0.6) is 0 Å². The molecule has 16 heavy (non-hydrogen) atoms. The van der Waals surface area contributed by atoms with E-state index in [4.69, 9.17) is 0 Å². The predicted octanol–water partition coefficient (Wildman–Crippen LogP) is 3.84. The Labute approximate surface area is 101 Å². The van der Waals surface area contributed by atoms with Crippen LogP contribution in [-0.4, -0.2) is 12.6 Å². The van der Waals surface area contributed by atoms with Crippen molar-refractivity contribution in [2.75, 3.05) is 6.54 Å². The number of piperidine rings is 1. The third kappa shape index (κ3) is 2.80. The van der Waals surface area contributed by atoms with Crippen LogP contribution in [0.15, 0.2) is 0 Å². The summed E-state index contributed by atoms with van der Waals surface area (Å²) in [5, 5.41) is 3.79. The molecule has 0 aromatic carbocycles. The first-order valence-corrected chi connectivity index (χ1v) is 7.44. The van der Waals surface area contributed by atoms with Gasteiger partial charge in [0.1, 0.15) is 0 Å². The molecule has 0 aromatic heterocycles. The summed E-state index contributed by atoms with van der Waals surface area (Å²) in [6.07, 6.45) is 8.64. The van der Waals surface area contributed by atoms with Crippen LogP contribution in [-0.2, 0) is 0 Å². The van der Waals surface area contributed by atoms with Gasteiger partial charge in [-0.3, -0.25) is 0 Å². The standard InChI is InChI=1S/C15H29N/c1-4-13-7-8-16-15(10-13)14-6-5-11(2)12(3)9-14/h11-16H,4-10H2,1-3H3. The molecule has 1 nitrogen and oxygen atoms in total. The Balaban J connectivity index is 1.87. The smallest absolute Gasteiger partial charge is 0.00980 e. The second-order valence-electron chi connectivity index (χ2n) is 6.39. The zero-order chi connectivity index (χ0) is 11.5. The maximum atomic E-state index is 3.79. The lowest BCUT2D eigenvalue weighted by Crippen LogP contribution is -2.45. The average molecular weight is 223 g/mol. The zero-order valence-corrected chi connectivity index (χ0v) is 11.3. The molecule has 0 amide bonds. The normalized spacial score (nSPS) is 45.6. The Hall–Kier alpha value is -0.0400. The fourth-order valence-corrected chi connectivity index (χ4v) is 3.72. The molecule has 1 N–H and O–H groups in total. The molecule has 1 heterocycles. The van der Waals surface area contributed by atoms with Crippen LogP contribution >= 0.6 is 0 Å². The molecule has 2 aliphatic rings. The summed E-state index contributed by atoms with van der Waals surface area (Å²) in [6.45, 7) is 8.52. The summed E-state index contributed by atoms with van der Waals surface area (Å²) >= 11 is 0. The van der Waals surface area contributed by atoms with Crippen molar-refractivity contribution in [3.8, 4) is 0 Å². The van der Waals surface area contributed by atoms with E-state index in [-0.39, 0.29) is 0 Å². The predicted molar refractivity (Wildman–Crippen MR) is 70.5 cm³/mol. The van der Waals surface area contributed by atoms with Crippen LogP contribution in [0.4, 0.5) is 0 Å². The van der Waals surface area contributed by atoms with Gasteiger partial charge in [0, 0.05) is 6.04 Å². The Kier molecular flexibility index (Phi) is 4.29. The Morgan fingerprint density at radius 1 is 1.00 bits per heavy atom. The molecule has 1 aliphatic heterocycles. The molecule has 0 radical (unpaired) electrons. The summed E-state index contributed by atoms with van der Waals surface area (Å²) < 4.78 is 0. The first kappa shape index (κ1) is 12.4. The molecule has 0 bridgehead atoms. The minimum absolute atomic E-state index is 0.841. The molecule has 2 rings (SSSR count). The highest BCUT2D eigenvalue weighted by Gasteiger charge is 2.32. The van der Waals surface area contributed by atoms with Crippen molar-refractivity contribution in [2.24, 2.45) is 23.7 Å². The van der Waals surface area contributed by atoms with Crippen LogP contribution < -0.4 is 5.32 Å². The van der Waals surface area contributed by atoms with Gasteiger partial charge < -0.3 is 5.32 Å². The first-order chi connectivity index (χ1) is 7.70. The Morgan fingerprint density at radius 2 is 1.81 bits per heavy atom. The quantitative estimate of drug-likeness (QED) is 0.750. The lowest BCUT2D eigenvalue weighted by Gasteiger charge is -2.40. The number of rotatable bonds is 2. The summed E-state index contributed by atoms with van der Waals surface area (Å²) in [5.41, 5.74) is 0. The van der Waals surface area contributed by atoms with E-state index in [1.54, 1.807) is 0 Å². The number of hydrogen-bond donors (Lipinski definition) is 1. The number of hydrogen-bond acceptors (Lipinski definition) is 1. The molecule has 2 fully saturated rings. The van der Waals surface area contributed by atoms with Gasteiger partial charge >= 0.3 is 0 Å². The van der Waals surface area contributed by atoms with Gasteiger partial charge in [-0.25, -0.2) is 0 Å². The molecule has 1 heteroatoms. The van der Waals surface area contributed by atoms with Crippen LogP contribution in [0.3, 0.4) is 0 Å². The topological polar surface area (TPSA) is 12.0 Å². The molecule has 5 atom stereocenters. The molecule has 1 aliphatic carbocycles. The lowest BCUT2D eigenvalue weighted by molar-refractivity contribution is 0.139. The van der Waals surface area contributed by atoms with Gasteiger partial charge in [-0.2, -0.15) is 0 Å². The SMILES string of the molecule is CCC1CCNC(C2CCC(C)C(C)C2)C1. The summed E-state index contributed by atoms with van der Waals surface area (Å²) in [7, 11) is 0.